The maximum atomic E-state index is 13.0. The maximum absolute atomic E-state index is 13.0. The summed E-state index contributed by atoms with van der Waals surface area (Å²) in [6.45, 7) is 0.967. The molecule has 1 aromatic heterocycles. The van der Waals surface area contributed by atoms with Crippen molar-refractivity contribution in [1.82, 2.24) is 20.1 Å². The molecule has 0 radical (unpaired) electrons. The summed E-state index contributed by atoms with van der Waals surface area (Å²) in [5.41, 5.74) is 1.17. The maximum Gasteiger partial charge on any atom is 0.138 e. The first kappa shape index (κ1) is 14.2. The first-order chi connectivity index (χ1) is 10.2. The molecule has 21 heavy (non-hydrogen) atoms. The summed E-state index contributed by atoms with van der Waals surface area (Å²) in [5.74, 6) is 1.26. The molecule has 0 aliphatic heterocycles. The first-order valence-electron chi connectivity index (χ1n) is 7.51. The number of nitrogens with zero attached hydrogens (tertiary/aromatic N) is 3. The highest BCUT2D eigenvalue weighted by atomic mass is 19.1. The van der Waals surface area contributed by atoms with Gasteiger partial charge in [0.1, 0.15) is 18.0 Å². The topological polar surface area (TPSA) is 42.7 Å². The van der Waals surface area contributed by atoms with Crippen molar-refractivity contribution in [3.05, 3.63) is 47.8 Å². The third-order valence-electron chi connectivity index (χ3n) is 3.99. The van der Waals surface area contributed by atoms with Gasteiger partial charge >= 0.3 is 0 Å². The molecule has 3 rings (SSSR count). The van der Waals surface area contributed by atoms with Crippen molar-refractivity contribution >= 4 is 0 Å². The minimum Gasteiger partial charge on any atom is -0.314 e. The van der Waals surface area contributed by atoms with Crippen LogP contribution in [0.4, 0.5) is 4.39 Å². The predicted molar refractivity (Wildman–Crippen MR) is 79.3 cm³/mol. The zero-order chi connectivity index (χ0) is 14.7. The lowest BCUT2D eigenvalue weighted by molar-refractivity contribution is 0.451. The largest absolute Gasteiger partial charge is 0.314 e. The lowest BCUT2D eigenvalue weighted by Crippen LogP contribution is -2.28. The quantitative estimate of drug-likeness (QED) is 0.848. The second-order valence-electron chi connectivity index (χ2n) is 5.88. The molecule has 1 unspecified atom stereocenters. The van der Waals surface area contributed by atoms with Crippen molar-refractivity contribution in [3.8, 4) is 0 Å². The number of rotatable bonds is 7. The number of benzene rings is 1. The molecule has 1 aliphatic rings. The highest BCUT2D eigenvalue weighted by Gasteiger charge is 2.22. The average Bonchev–Trinajstić information content (AvgIpc) is 3.22. The van der Waals surface area contributed by atoms with Crippen LogP contribution in [-0.4, -0.2) is 27.4 Å². The molecular weight excluding hydrogens is 267 g/mol. The molecule has 5 heteroatoms. The smallest absolute Gasteiger partial charge is 0.138 e. The summed E-state index contributed by atoms with van der Waals surface area (Å²) in [4.78, 5) is 4.32. The zero-order valence-corrected chi connectivity index (χ0v) is 12.3. The summed E-state index contributed by atoms with van der Waals surface area (Å²) in [5, 5.41) is 7.72. The fraction of sp³-hybridized carbons (Fsp3) is 0.500. The number of hydrogen-bond donors (Lipinski definition) is 1. The van der Waals surface area contributed by atoms with Crippen LogP contribution in [0, 0.1) is 11.7 Å². The zero-order valence-electron chi connectivity index (χ0n) is 12.3. The number of aryl methyl sites for hydroxylation is 1. The van der Waals surface area contributed by atoms with Gasteiger partial charge in [0, 0.05) is 19.5 Å². The fourth-order valence-electron chi connectivity index (χ4n) is 2.55. The highest BCUT2D eigenvalue weighted by molar-refractivity contribution is 5.17. The Hall–Kier alpha value is -1.75. The first-order valence-corrected chi connectivity index (χ1v) is 7.51. The summed E-state index contributed by atoms with van der Waals surface area (Å²) in [7, 11) is 1.92. The van der Waals surface area contributed by atoms with E-state index in [1.165, 1.54) is 30.5 Å². The van der Waals surface area contributed by atoms with Crippen molar-refractivity contribution in [1.29, 1.82) is 0 Å². The Morgan fingerprint density at radius 2 is 2.05 bits per heavy atom. The average molecular weight is 288 g/mol. The van der Waals surface area contributed by atoms with Crippen molar-refractivity contribution < 1.29 is 4.39 Å². The molecule has 4 nitrogen and oxygen atoms in total. The Morgan fingerprint density at radius 3 is 2.67 bits per heavy atom. The molecule has 1 N–H and O–H groups in total. The molecule has 1 aromatic carbocycles. The van der Waals surface area contributed by atoms with Crippen LogP contribution in [-0.2, 0) is 19.9 Å². The van der Waals surface area contributed by atoms with Crippen LogP contribution in [0.25, 0.3) is 0 Å². The normalized spacial score (nSPS) is 16.1. The summed E-state index contributed by atoms with van der Waals surface area (Å²) in [6, 6.07) is 7.50. The fourth-order valence-corrected chi connectivity index (χ4v) is 2.55. The van der Waals surface area contributed by atoms with E-state index in [2.05, 4.69) is 15.4 Å². The Morgan fingerprint density at radius 1 is 1.29 bits per heavy atom. The molecule has 0 amide bonds. The molecule has 0 bridgehead atoms. The number of aromatic nitrogens is 3. The van der Waals surface area contributed by atoms with Crippen molar-refractivity contribution in [2.45, 2.75) is 31.7 Å². The third kappa shape index (κ3) is 4.11. The van der Waals surface area contributed by atoms with Gasteiger partial charge in [-0.2, -0.15) is 5.10 Å². The molecule has 0 saturated heterocycles. The van der Waals surface area contributed by atoms with Crippen molar-refractivity contribution in [2.24, 2.45) is 13.0 Å². The second-order valence-corrected chi connectivity index (χ2v) is 5.88. The summed E-state index contributed by atoms with van der Waals surface area (Å²) < 4.78 is 14.8. The minimum atomic E-state index is -0.181. The van der Waals surface area contributed by atoms with Gasteiger partial charge < -0.3 is 5.32 Å². The third-order valence-corrected chi connectivity index (χ3v) is 3.99. The van der Waals surface area contributed by atoms with Gasteiger partial charge in [0.25, 0.3) is 0 Å². The number of hydrogen-bond acceptors (Lipinski definition) is 3. The lowest BCUT2D eigenvalue weighted by Gasteiger charge is -2.17. The van der Waals surface area contributed by atoms with Gasteiger partial charge in [-0.15, -0.1) is 0 Å². The van der Waals surface area contributed by atoms with E-state index < -0.39 is 0 Å². The van der Waals surface area contributed by atoms with Crippen molar-refractivity contribution in [3.63, 3.8) is 0 Å². The van der Waals surface area contributed by atoms with E-state index in [-0.39, 0.29) is 5.82 Å². The van der Waals surface area contributed by atoms with Crippen LogP contribution in [0.5, 0.6) is 0 Å². The van der Waals surface area contributed by atoms with Gasteiger partial charge in [-0.05, 0) is 49.4 Å². The van der Waals surface area contributed by atoms with Crippen LogP contribution >= 0.6 is 0 Å². The van der Waals surface area contributed by atoms with Gasteiger partial charge in [-0.25, -0.2) is 9.37 Å². The van der Waals surface area contributed by atoms with Crippen LogP contribution < -0.4 is 5.32 Å². The van der Waals surface area contributed by atoms with E-state index in [4.69, 9.17) is 0 Å². The van der Waals surface area contributed by atoms with Crippen LogP contribution in [0.1, 0.15) is 24.2 Å². The molecular formula is C16H21FN4. The van der Waals surface area contributed by atoms with E-state index in [0.717, 1.165) is 25.2 Å². The van der Waals surface area contributed by atoms with Gasteiger partial charge in [0.2, 0.25) is 0 Å². The van der Waals surface area contributed by atoms with Gasteiger partial charge in [-0.1, -0.05) is 12.1 Å². The molecule has 112 valence electrons. The SMILES string of the molecule is Cn1ncnc1CC(CNC1CC1)Cc1ccc(F)cc1. The van der Waals surface area contributed by atoms with Crippen LogP contribution in [0.15, 0.2) is 30.6 Å². The summed E-state index contributed by atoms with van der Waals surface area (Å²) >= 11 is 0. The van der Waals surface area contributed by atoms with E-state index in [1.54, 1.807) is 6.33 Å². The number of halogens is 1. The molecule has 2 aromatic rings. The van der Waals surface area contributed by atoms with Crippen LogP contribution in [0.2, 0.25) is 0 Å². The molecule has 1 heterocycles. The monoisotopic (exact) mass is 288 g/mol. The van der Waals surface area contributed by atoms with Crippen molar-refractivity contribution in [2.75, 3.05) is 6.54 Å². The van der Waals surface area contributed by atoms with E-state index in [1.807, 2.05) is 23.9 Å². The van der Waals surface area contributed by atoms with Gasteiger partial charge in [0.15, 0.2) is 0 Å². The molecule has 1 aliphatic carbocycles. The van der Waals surface area contributed by atoms with Crippen LogP contribution in [0.3, 0.4) is 0 Å². The van der Waals surface area contributed by atoms with E-state index >= 15 is 0 Å². The Labute approximate surface area is 124 Å². The Balaban J connectivity index is 1.65. The Bertz CT molecular complexity index is 574. The van der Waals surface area contributed by atoms with Gasteiger partial charge in [-0.3, -0.25) is 4.68 Å². The summed E-state index contributed by atoms with van der Waals surface area (Å²) in [6.07, 6.45) is 5.97. The molecule has 1 saturated carbocycles. The van der Waals surface area contributed by atoms with Gasteiger partial charge in [0.05, 0.1) is 0 Å². The molecule has 1 atom stereocenters. The highest BCUT2D eigenvalue weighted by Crippen LogP contribution is 2.20. The van der Waals surface area contributed by atoms with E-state index in [0.29, 0.717) is 12.0 Å². The number of nitrogens with one attached hydrogen (secondary N) is 1. The standard InChI is InChI=1S/C16H21FN4/c1-21-16(19-11-20-21)9-13(10-18-15-6-7-15)8-12-2-4-14(17)5-3-12/h2-5,11,13,15,18H,6-10H2,1H3. The predicted octanol–water partition coefficient (Wildman–Crippen LogP) is 2.11. The molecule has 1 fully saturated rings. The van der Waals surface area contributed by atoms with E-state index in [9.17, 15) is 4.39 Å². The molecule has 0 spiro atoms. The Kier molecular flexibility index (Phi) is 4.29. The second kappa shape index (κ2) is 6.35. The lowest BCUT2D eigenvalue weighted by atomic mass is 9.95. The minimum absolute atomic E-state index is 0.181.